The smallest absolute Gasteiger partial charge is 0.258 e. The maximum absolute atomic E-state index is 13.7. The van der Waals surface area contributed by atoms with Crippen LogP contribution in [0.25, 0.3) is 0 Å². The summed E-state index contributed by atoms with van der Waals surface area (Å²) in [5.41, 5.74) is -1.25. The number of hydrogen-bond acceptors (Lipinski definition) is 7. The lowest BCUT2D eigenvalue weighted by molar-refractivity contribution is -0.131. The zero-order chi connectivity index (χ0) is 27.6. The number of aromatic nitrogens is 4. The molecule has 3 N–H and O–H groups in total. The molecule has 2 aromatic carbocycles. The molecule has 3 aliphatic carbocycles. The van der Waals surface area contributed by atoms with Crippen LogP contribution in [-0.2, 0) is 9.59 Å². The number of ether oxygens (including phenoxy) is 2. The summed E-state index contributed by atoms with van der Waals surface area (Å²) in [6.45, 7) is -0.632. The van der Waals surface area contributed by atoms with Gasteiger partial charge in [0, 0.05) is 23.6 Å². The number of nitrogens with one attached hydrogen (secondary N) is 3. The summed E-state index contributed by atoms with van der Waals surface area (Å²) in [6.07, 6.45) is 2.71. The first-order valence-corrected chi connectivity index (χ1v) is 12.9. The lowest BCUT2D eigenvalue weighted by atomic mass is 9.56. The molecule has 3 aliphatic rings. The van der Waals surface area contributed by atoms with Crippen molar-refractivity contribution in [1.82, 2.24) is 31.3 Å². The van der Waals surface area contributed by atoms with Gasteiger partial charge in [-0.2, -0.15) is 5.21 Å². The van der Waals surface area contributed by atoms with Crippen molar-refractivity contribution in [3.8, 4) is 11.5 Å². The lowest BCUT2D eigenvalue weighted by Gasteiger charge is -2.57. The molecular formula is C25H24Cl2F2N6O4. The summed E-state index contributed by atoms with van der Waals surface area (Å²) in [7, 11) is 0. The molecule has 0 spiro atoms. The second-order valence-electron chi connectivity index (χ2n) is 9.79. The van der Waals surface area contributed by atoms with Crippen LogP contribution in [0.3, 0.4) is 0 Å². The minimum atomic E-state index is -0.681. The van der Waals surface area contributed by atoms with Gasteiger partial charge in [0.1, 0.15) is 23.1 Å². The second kappa shape index (κ2) is 10.9. The molecule has 0 aliphatic heterocycles. The van der Waals surface area contributed by atoms with Crippen molar-refractivity contribution in [3.63, 3.8) is 0 Å². The van der Waals surface area contributed by atoms with Crippen molar-refractivity contribution in [2.45, 2.75) is 49.1 Å². The second-order valence-corrected chi connectivity index (χ2v) is 10.6. The fraction of sp³-hybridized carbons (Fsp3) is 0.400. The van der Waals surface area contributed by atoms with Crippen LogP contribution in [-0.4, -0.2) is 56.7 Å². The number of tetrazole rings is 1. The predicted octanol–water partition coefficient (Wildman–Crippen LogP) is 3.71. The molecule has 2 bridgehead atoms. The Morgan fingerprint density at radius 2 is 1.49 bits per heavy atom. The third kappa shape index (κ3) is 5.91. The minimum absolute atomic E-state index is 0.0383. The molecule has 39 heavy (non-hydrogen) atoms. The number of carbonyl (C=O) groups is 2. The lowest BCUT2D eigenvalue weighted by Crippen LogP contribution is -2.67. The molecule has 1 atom stereocenters. The van der Waals surface area contributed by atoms with Gasteiger partial charge in [0.25, 0.3) is 11.8 Å². The number of aromatic amines is 1. The highest BCUT2D eigenvalue weighted by atomic mass is 35.5. The van der Waals surface area contributed by atoms with E-state index in [0.29, 0.717) is 37.9 Å². The number of H-pyrrole nitrogens is 1. The fourth-order valence-electron chi connectivity index (χ4n) is 5.43. The summed E-state index contributed by atoms with van der Waals surface area (Å²) < 4.78 is 38.3. The Morgan fingerprint density at radius 1 is 0.923 bits per heavy atom. The van der Waals surface area contributed by atoms with E-state index in [1.54, 1.807) is 0 Å². The van der Waals surface area contributed by atoms with Gasteiger partial charge in [0.15, 0.2) is 19.0 Å². The van der Waals surface area contributed by atoms with Crippen LogP contribution in [0.2, 0.25) is 10.0 Å². The molecule has 0 unspecified atom stereocenters. The Bertz CT molecular complexity index is 1370. The number of hydrogen-bond donors (Lipinski definition) is 3. The molecule has 10 nitrogen and oxygen atoms in total. The molecule has 3 aromatic rings. The number of benzene rings is 2. The quantitative estimate of drug-likeness (QED) is 0.351. The Hall–Kier alpha value is -3.51. The zero-order valence-corrected chi connectivity index (χ0v) is 22.0. The topological polar surface area (TPSA) is 131 Å². The van der Waals surface area contributed by atoms with E-state index in [1.165, 1.54) is 24.3 Å². The molecule has 0 saturated heterocycles. The monoisotopic (exact) mass is 580 g/mol. The number of fused-ring (bicyclic) bond motifs is 3. The maximum Gasteiger partial charge on any atom is 0.258 e. The van der Waals surface area contributed by atoms with Gasteiger partial charge in [-0.25, -0.2) is 8.78 Å². The third-order valence-corrected chi connectivity index (χ3v) is 7.96. The van der Waals surface area contributed by atoms with Crippen LogP contribution in [0.15, 0.2) is 36.4 Å². The average molecular weight is 581 g/mol. The van der Waals surface area contributed by atoms with Crippen LogP contribution in [0.1, 0.15) is 43.8 Å². The van der Waals surface area contributed by atoms with Gasteiger partial charge in [-0.1, -0.05) is 28.4 Å². The van der Waals surface area contributed by atoms with Crippen molar-refractivity contribution >= 4 is 35.0 Å². The Labute approximate surface area is 231 Å². The zero-order valence-electron chi connectivity index (χ0n) is 20.5. The first-order valence-electron chi connectivity index (χ1n) is 12.2. The summed E-state index contributed by atoms with van der Waals surface area (Å²) in [5.74, 6) is -1.60. The summed E-state index contributed by atoms with van der Waals surface area (Å²) in [4.78, 5) is 25.7. The van der Waals surface area contributed by atoms with Gasteiger partial charge >= 0.3 is 0 Å². The molecule has 3 saturated carbocycles. The van der Waals surface area contributed by atoms with E-state index >= 15 is 0 Å². The van der Waals surface area contributed by atoms with Crippen LogP contribution >= 0.6 is 23.2 Å². The molecule has 1 heterocycles. The number of amides is 2. The van der Waals surface area contributed by atoms with Crippen LogP contribution < -0.4 is 20.1 Å². The highest BCUT2D eigenvalue weighted by Gasteiger charge is 2.57. The highest BCUT2D eigenvalue weighted by molar-refractivity contribution is 6.31. The molecular weight excluding hydrogens is 557 g/mol. The molecule has 2 amide bonds. The van der Waals surface area contributed by atoms with Gasteiger partial charge < -0.3 is 20.1 Å². The standard InChI is InChI=1S/C25H24Cl2F2N6O4/c26-17-3-1-14(9-19(17)28)38-12-21(36)30-24-5-7-25(8-6-24,16(11-24)23-32-34-35-33-23)31-22(37)13-39-15-2-4-18(27)20(29)10-15/h1-4,9-10,16H,5-8,11-13H2,(H,30,36)(H,31,37)(H,32,33,34,35)/t16-,24?,25?/m1/s1. The summed E-state index contributed by atoms with van der Waals surface area (Å²) in [6, 6.07) is 7.89. The number of nitrogens with zero attached hydrogens (tertiary/aromatic N) is 3. The molecule has 1 aromatic heterocycles. The maximum atomic E-state index is 13.7. The number of carbonyl (C=O) groups excluding carboxylic acids is 2. The van der Waals surface area contributed by atoms with Crippen LogP contribution in [0, 0.1) is 11.6 Å². The van der Waals surface area contributed by atoms with Crippen LogP contribution in [0.4, 0.5) is 8.78 Å². The first-order chi connectivity index (χ1) is 18.7. The van der Waals surface area contributed by atoms with E-state index in [2.05, 4.69) is 31.3 Å². The summed E-state index contributed by atoms with van der Waals surface area (Å²) in [5, 5.41) is 20.5. The molecule has 6 rings (SSSR count). The van der Waals surface area contributed by atoms with Gasteiger partial charge in [-0.15, -0.1) is 10.2 Å². The summed E-state index contributed by atoms with van der Waals surface area (Å²) >= 11 is 11.4. The van der Waals surface area contributed by atoms with Gasteiger partial charge in [-0.3, -0.25) is 9.59 Å². The predicted molar refractivity (Wildman–Crippen MR) is 136 cm³/mol. The van der Waals surface area contributed by atoms with E-state index < -0.39 is 22.7 Å². The Morgan fingerprint density at radius 3 is 2.00 bits per heavy atom. The van der Waals surface area contributed by atoms with Crippen molar-refractivity contribution in [3.05, 3.63) is 63.9 Å². The van der Waals surface area contributed by atoms with Gasteiger partial charge in [0.05, 0.1) is 15.6 Å². The van der Waals surface area contributed by atoms with E-state index in [-0.39, 0.29) is 52.5 Å². The average Bonchev–Trinajstić information content (AvgIpc) is 3.46. The number of rotatable bonds is 9. The highest BCUT2D eigenvalue weighted by Crippen LogP contribution is 2.53. The van der Waals surface area contributed by atoms with Crippen molar-refractivity contribution in [2.75, 3.05) is 13.2 Å². The Balaban J connectivity index is 1.23. The molecule has 0 radical (unpaired) electrons. The number of halogens is 4. The van der Waals surface area contributed by atoms with Gasteiger partial charge in [-0.05, 0) is 56.4 Å². The first kappa shape index (κ1) is 27.1. The SMILES string of the molecule is O=C(COc1ccc(Cl)c(F)c1)NC12CCC(NC(=O)COc3ccc(Cl)c(F)c3)(CC1)[C@@H](c1nn[nH]n1)C2. The molecule has 206 valence electrons. The minimum Gasteiger partial charge on any atom is -0.484 e. The Kier molecular flexibility index (Phi) is 7.59. The fourth-order valence-corrected chi connectivity index (χ4v) is 5.67. The molecule has 3 fully saturated rings. The van der Waals surface area contributed by atoms with Crippen LogP contribution in [0.5, 0.6) is 11.5 Å². The van der Waals surface area contributed by atoms with E-state index in [1.807, 2.05) is 0 Å². The normalized spacial score (nSPS) is 23.7. The van der Waals surface area contributed by atoms with E-state index in [0.717, 1.165) is 12.1 Å². The molecule has 14 heteroatoms. The van der Waals surface area contributed by atoms with Crippen molar-refractivity contribution in [2.24, 2.45) is 0 Å². The van der Waals surface area contributed by atoms with Gasteiger partial charge in [0.2, 0.25) is 0 Å². The van der Waals surface area contributed by atoms with E-state index in [9.17, 15) is 18.4 Å². The third-order valence-electron chi connectivity index (χ3n) is 7.35. The van der Waals surface area contributed by atoms with E-state index in [4.69, 9.17) is 32.7 Å². The largest absolute Gasteiger partial charge is 0.484 e. The van der Waals surface area contributed by atoms with Crippen molar-refractivity contribution in [1.29, 1.82) is 0 Å². The van der Waals surface area contributed by atoms with Crippen molar-refractivity contribution < 1.29 is 27.8 Å².